The van der Waals surface area contributed by atoms with Crippen LogP contribution >= 0.6 is 0 Å². The highest BCUT2D eigenvalue weighted by Crippen LogP contribution is 2.18. The zero-order valence-corrected chi connectivity index (χ0v) is 11.1. The number of rotatable bonds is 5. The fourth-order valence-electron chi connectivity index (χ4n) is 1.96. The van der Waals surface area contributed by atoms with E-state index in [1.807, 2.05) is 0 Å². The quantitative estimate of drug-likeness (QED) is 0.779. The first-order valence-corrected chi connectivity index (χ1v) is 6.41. The standard InChI is InChI=1S/C16H15NO4/c18-14(16(20)21)13(11-7-3-1-4-8-11)17-15(19)12-9-5-2-6-10-12/h1-10,13-14,18H,(H,17,19)(H,20,21). The lowest BCUT2D eigenvalue weighted by Gasteiger charge is -2.22. The Kier molecular flexibility index (Phi) is 4.68. The van der Waals surface area contributed by atoms with E-state index in [1.165, 1.54) is 0 Å². The van der Waals surface area contributed by atoms with Gasteiger partial charge in [0.15, 0.2) is 6.10 Å². The molecule has 2 atom stereocenters. The molecule has 0 aliphatic heterocycles. The van der Waals surface area contributed by atoms with Gasteiger partial charge in [-0.25, -0.2) is 4.79 Å². The molecule has 108 valence electrons. The van der Waals surface area contributed by atoms with Crippen molar-refractivity contribution in [3.05, 3.63) is 71.8 Å². The van der Waals surface area contributed by atoms with Crippen LogP contribution in [0.4, 0.5) is 0 Å². The molecule has 3 N–H and O–H groups in total. The average molecular weight is 285 g/mol. The number of aliphatic hydroxyl groups excluding tert-OH is 1. The Bertz CT molecular complexity index is 613. The van der Waals surface area contributed by atoms with E-state index in [2.05, 4.69) is 5.32 Å². The Hall–Kier alpha value is -2.66. The number of aliphatic carboxylic acids is 1. The lowest BCUT2D eigenvalue weighted by molar-refractivity contribution is -0.148. The number of hydrogen-bond donors (Lipinski definition) is 3. The first kappa shape index (κ1) is 14.7. The topological polar surface area (TPSA) is 86.6 Å². The maximum Gasteiger partial charge on any atom is 0.335 e. The summed E-state index contributed by atoms with van der Waals surface area (Å²) in [5.74, 6) is -1.83. The number of nitrogens with one attached hydrogen (secondary N) is 1. The van der Waals surface area contributed by atoms with Gasteiger partial charge in [-0.05, 0) is 17.7 Å². The lowest BCUT2D eigenvalue weighted by Crippen LogP contribution is -2.40. The molecule has 0 aliphatic rings. The number of aliphatic hydroxyl groups is 1. The Morgan fingerprint density at radius 2 is 1.43 bits per heavy atom. The van der Waals surface area contributed by atoms with E-state index < -0.39 is 24.0 Å². The summed E-state index contributed by atoms with van der Waals surface area (Å²) in [6.07, 6.45) is -1.72. The van der Waals surface area contributed by atoms with Crippen LogP contribution in [-0.4, -0.2) is 28.2 Å². The number of benzene rings is 2. The summed E-state index contributed by atoms with van der Waals surface area (Å²) in [7, 11) is 0. The van der Waals surface area contributed by atoms with E-state index in [-0.39, 0.29) is 0 Å². The zero-order valence-electron chi connectivity index (χ0n) is 11.1. The van der Waals surface area contributed by atoms with E-state index in [1.54, 1.807) is 60.7 Å². The van der Waals surface area contributed by atoms with Gasteiger partial charge >= 0.3 is 5.97 Å². The largest absolute Gasteiger partial charge is 0.479 e. The van der Waals surface area contributed by atoms with Crippen molar-refractivity contribution in [1.82, 2.24) is 5.32 Å². The Labute approximate surface area is 121 Å². The van der Waals surface area contributed by atoms with Gasteiger partial charge in [-0.15, -0.1) is 0 Å². The minimum absolute atomic E-state index is 0.399. The first-order chi connectivity index (χ1) is 10.1. The van der Waals surface area contributed by atoms with Crippen LogP contribution in [0.3, 0.4) is 0 Å². The third-order valence-corrected chi connectivity index (χ3v) is 3.05. The van der Waals surface area contributed by atoms with E-state index >= 15 is 0 Å². The molecule has 0 spiro atoms. The fraction of sp³-hybridized carbons (Fsp3) is 0.125. The number of carbonyl (C=O) groups is 2. The van der Waals surface area contributed by atoms with Crippen LogP contribution in [-0.2, 0) is 4.79 Å². The van der Waals surface area contributed by atoms with Crippen LogP contribution in [0.2, 0.25) is 0 Å². The van der Waals surface area contributed by atoms with E-state index in [9.17, 15) is 14.7 Å². The van der Waals surface area contributed by atoms with Crippen molar-refractivity contribution in [1.29, 1.82) is 0 Å². The summed E-state index contributed by atoms with van der Waals surface area (Å²) in [4.78, 5) is 23.2. The summed E-state index contributed by atoms with van der Waals surface area (Å²) in [6, 6.07) is 15.9. The minimum Gasteiger partial charge on any atom is -0.479 e. The van der Waals surface area contributed by atoms with Gasteiger partial charge in [0, 0.05) is 5.56 Å². The van der Waals surface area contributed by atoms with Crippen molar-refractivity contribution in [2.45, 2.75) is 12.1 Å². The molecule has 2 unspecified atom stereocenters. The van der Waals surface area contributed by atoms with Crippen molar-refractivity contribution < 1.29 is 19.8 Å². The number of carbonyl (C=O) groups excluding carboxylic acids is 1. The molecular weight excluding hydrogens is 270 g/mol. The predicted octanol–water partition coefficient (Wildman–Crippen LogP) is 1.60. The molecule has 2 aromatic carbocycles. The van der Waals surface area contributed by atoms with E-state index in [0.29, 0.717) is 11.1 Å². The Balaban J connectivity index is 2.25. The minimum atomic E-state index is -1.72. The zero-order chi connectivity index (χ0) is 15.2. The second kappa shape index (κ2) is 6.67. The molecule has 0 aromatic heterocycles. The van der Waals surface area contributed by atoms with Crippen molar-refractivity contribution in [3.8, 4) is 0 Å². The molecule has 0 fully saturated rings. The Morgan fingerprint density at radius 3 is 1.95 bits per heavy atom. The van der Waals surface area contributed by atoms with Crippen molar-refractivity contribution in [3.63, 3.8) is 0 Å². The number of hydrogen-bond acceptors (Lipinski definition) is 3. The molecule has 0 saturated heterocycles. The predicted molar refractivity (Wildman–Crippen MR) is 76.7 cm³/mol. The molecule has 1 amide bonds. The maximum absolute atomic E-state index is 12.1. The van der Waals surface area contributed by atoms with Gasteiger partial charge < -0.3 is 15.5 Å². The molecule has 2 aromatic rings. The molecule has 2 rings (SSSR count). The van der Waals surface area contributed by atoms with Gasteiger partial charge in [0.2, 0.25) is 0 Å². The molecule has 5 heteroatoms. The fourth-order valence-corrected chi connectivity index (χ4v) is 1.96. The normalized spacial score (nSPS) is 13.2. The van der Waals surface area contributed by atoms with Gasteiger partial charge in [0.25, 0.3) is 5.91 Å². The first-order valence-electron chi connectivity index (χ1n) is 6.41. The summed E-state index contributed by atoms with van der Waals surface area (Å²) < 4.78 is 0. The molecular formula is C16H15NO4. The van der Waals surface area contributed by atoms with Crippen molar-refractivity contribution in [2.75, 3.05) is 0 Å². The van der Waals surface area contributed by atoms with Crippen LogP contribution in [0, 0.1) is 0 Å². The second-order valence-corrected chi connectivity index (χ2v) is 4.51. The third kappa shape index (κ3) is 3.67. The smallest absolute Gasteiger partial charge is 0.335 e. The molecule has 0 radical (unpaired) electrons. The van der Waals surface area contributed by atoms with Crippen LogP contribution in [0.5, 0.6) is 0 Å². The van der Waals surface area contributed by atoms with Gasteiger partial charge in [0.1, 0.15) is 0 Å². The second-order valence-electron chi connectivity index (χ2n) is 4.51. The molecule has 0 bridgehead atoms. The summed E-state index contributed by atoms with van der Waals surface area (Å²) >= 11 is 0. The number of amides is 1. The van der Waals surface area contributed by atoms with Gasteiger partial charge in [0.05, 0.1) is 6.04 Å². The summed E-state index contributed by atoms with van der Waals surface area (Å²) in [6.45, 7) is 0. The maximum atomic E-state index is 12.1. The summed E-state index contributed by atoms with van der Waals surface area (Å²) in [5.41, 5.74) is 0.924. The van der Waals surface area contributed by atoms with Crippen LogP contribution < -0.4 is 5.32 Å². The summed E-state index contributed by atoms with van der Waals surface area (Å²) in [5, 5.41) is 21.4. The monoisotopic (exact) mass is 285 g/mol. The van der Waals surface area contributed by atoms with E-state index in [4.69, 9.17) is 5.11 Å². The molecule has 5 nitrogen and oxygen atoms in total. The number of carboxylic acids is 1. The highest BCUT2D eigenvalue weighted by molar-refractivity contribution is 5.94. The number of carboxylic acid groups (broad SMARTS) is 1. The van der Waals surface area contributed by atoms with Crippen LogP contribution in [0.15, 0.2) is 60.7 Å². The highest BCUT2D eigenvalue weighted by Gasteiger charge is 2.28. The van der Waals surface area contributed by atoms with E-state index in [0.717, 1.165) is 0 Å². The van der Waals surface area contributed by atoms with Gasteiger partial charge in [-0.3, -0.25) is 4.79 Å². The highest BCUT2D eigenvalue weighted by atomic mass is 16.4. The molecule has 0 heterocycles. The van der Waals surface area contributed by atoms with Gasteiger partial charge in [-0.1, -0.05) is 48.5 Å². The van der Waals surface area contributed by atoms with Crippen LogP contribution in [0.25, 0.3) is 0 Å². The van der Waals surface area contributed by atoms with Crippen molar-refractivity contribution in [2.24, 2.45) is 0 Å². The average Bonchev–Trinajstić information content (AvgIpc) is 2.53. The van der Waals surface area contributed by atoms with Gasteiger partial charge in [-0.2, -0.15) is 0 Å². The lowest BCUT2D eigenvalue weighted by atomic mass is 10.0. The molecule has 21 heavy (non-hydrogen) atoms. The molecule has 0 aliphatic carbocycles. The SMILES string of the molecule is O=C(NC(c1ccccc1)C(O)C(=O)O)c1ccccc1. The Morgan fingerprint density at radius 1 is 0.905 bits per heavy atom. The third-order valence-electron chi connectivity index (χ3n) is 3.05. The molecule has 0 saturated carbocycles. The van der Waals surface area contributed by atoms with Crippen molar-refractivity contribution >= 4 is 11.9 Å². The van der Waals surface area contributed by atoms with Crippen LogP contribution in [0.1, 0.15) is 22.0 Å².